The summed E-state index contributed by atoms with van der Waals surface area (Å²) in [6, 6.07) is 21.3. The average Bonchev–Trinajstić information content (AvgIpc) is 3.15. The van der Waals surface area contributed by atoms with Crippen LogP contribution >= 0.6 is 23.1 Å². The quantitative estimate of drug-likeness (QED) is 0.170. The molecule has 158 valence electrons. The first-order valence-corrected chi connectivity index (χ1v) is 12.9. The Balaban J connectivity index is 2.19. The van der Waals surface area contributed by atoms with Gasteiger partial charge in [0.25, 0.3) is 0 Å². The molecule has 0 bridgehead atoms. The minimum atomic E-state index is 0.178. The number of thiophene rings is 1. The largest absolute Gasteiger partial charge is 0.294 e. The molecule has 3 heteroatoms. The summed E-state index contributed by atoms with van der Waals surface area (Å²) in [6.07, 6.45) is 5.81. The van der Waals surface area contributed by atoms with Crippen LogP contribution in [-0.4, -0.2) is 11.5 Å². The Kier molecular flexibility index (Phi) is 8.77. The SMILES string of the molecule is CCCCSc1sc(C(CCCC)c2ccccc2)c(-c2ccccc2)c1C(C)=O. The van der Waals surface area contributed by atoms with Crippen molar-refractivity contribution >= 4 is 28.9 Å². The lowest BCUT2D eigenvalue weighted by molar-refractivity contribution is 0.101. The zero-order chi connectivity index (χ0) is 21.3. The molecule has 1 unspecified atom stereocenters. The summed E-state index contributed by atoms with van der Waals surface area (Å²) in [4.78, 5) is 14.2. The van der Waals surface area contributed by atoms with Gasteiger partial charge in [0.05, 0.1) is 4.21 Å². The summed E-state index contributed by atoms with van der Waals surface area (Å²) in [6.45, 7) is 6.20. The summed E-state index contributed by atoms with van der Waals surface area (Å²) in [5.41, 5.74) is 4.61. The minimum absolute atomic E-state index is 0.178. The van der Waals surface area contributed by atoms with Crippen LogP contribution in [0.25, 0.3) is 11.1 Å². The summed E-state index contributed by atoms with van der Waals surface area (Å²) < 4.78 is 1.20. The van der Waals surface area contributed by atoms with Crippen LogP contribution in [0.4, 0.5) is 0 Å². The molecule has 0 aliphatic rings. The highest BCUT2D eigenvalue weighted by atomic mass is 32.2. The molecule has 1 aromatic heterocycles. The van der Waals surface area contributed by atoms with Gasteiger partial charge in [0.1, 0.15) is 0 Å². The van der Waals surface area contributed by atoms with Crippen molar-refractivity contribution < 1.29 is 4.79 Å². The second-order valence-electron chi connectivity index (χ2n) is 7.73. The van der Waals surface area contributed by atoms with Crippen molar-refractivity contribution in [3.8, 4) is 11.1 Å². The van der Waals surface area contributed by atoms with Gasteiger partial charge >= 0.3 is 0 Å². The molecule has 1 heterocycles. The minimum Gasteiger partial charge on any atom is -0.294 e. The molecule has 0 fully saturated rings. The molecular weight excluding hydrogens is 404 g/mol. The summed E-state index contributed by atoms with van der Waals surface area (Å²) in [5, 5.41) is 0. The number of benzene rings is 2. The van der Waals surface area contributed by atoms with Gasteiger partial charge < -0.3 is 0 Å². The fourth-order valence-corrected chi connectivity index (χ4v) is 6.87. The van der Waals surface area contributed by atoms with Crippen molar-refractivity contribution in [3.05, 3.63) is 76.7 Å². The Labute approximate surface area is 189 Å². The smallest absolute Gasteiger partial charge is 0.162 e. The number of rotatable bonds is 11. The Morgan fingerprint density at radius 3 is 2.17 bits per heavy atom. The van der Waals surface area contributed by atoms with Crippen LogP contribution in [0.15, 0.2) is 64.9 Å². The number of ketones is 1. The lowest BCUT2D eigenvalue weighted by Crippen LogP contribution is -2.03. The van der Waals surface area contributed by atoms with E-state index in [1.165, 1.54) is 40.3 Å². The standard InChI is InChI=1S/C27H32OS2/c1-4-6-18-23(21-14-10-8-11-15-21)26-25(22-16-12-9-13-17-22)24(20(3)28)27(30-26)29-19-7-5-2/h8-17,23H,4-7,18-19H2,1-3H3. The van der Waals surface area contributed by atoms with E-state index in [9.17, 15) is 4.79 Å². The van der Waals surface area contributed by atoms with Crippen LogP contribution in [0, 0.1) is 0 Å². The van der Waals surface area contributed by atoms with E-state index in [1.54, 1.807) is 6.92 Å². The summed E-state index contributed by atoms with van der Waals surface area (Å²) >= 11 is 3.72. The van der Waals surface area contributed by atoms with Crippen molar-refractivity contribution in [2.75, 3.05) is 5.75 Å². The molecule has 0 saturated heterocycles. The van der Waals surface area contributed by atoms with Crippen molar-refractivity contribution in [1.29, 1.82) is 0 Å². The number of hydrogen-bond acceptors (Lipinski definition) is 3. The molecule has 0 N–H and O–H groups in total. The van der Waals surface area contributed by atoms with E-state index in [4.69, 9.17) is 0 Å². The average molecular weight is 437 g/mol. The fourth-order valence-electron chi connectivity index (χ4n) is 3.84. The molecule has 0 amide bonds. The Bertz CT molecular complexity index is 928. The van der Waals surface area contributed by atoms with Crippen LogP contribution < -0.4 is 0 Å². The lowest BCUT2D eigenvalue weighted by atomic mass is 9.87. The number of Topliss-reactive ketones (excluding diaryl/α,β-unsaturated/α-hetero) is 1. The molecule has 1 atom stereocenters. The van der Waals surface area contributed by atoms with E-state index in [0.717, 1.165) is 28.9 Å². The first kappa shape index (κ1) is 22.8. The van der Waals surface area contributed by atoms with Crippen molar-refractivity contribution in [3.63, 3.8) is 0 Å². The molecule has 2 aromatic carbocycles. The Hall–Kier alpha value is -1.84. The van der Waals surface area contributed by atoms with E-state index in [2.05, 4.69) is 68.4 Å². The monoisotopic (exact) mass is 436 g/mol. The van der Waals surface area contributed by atoms with Crippen LogP contribution in [0.2, 0.25) is 0 Å². The molecule has 0 aliphatic heterocycles. The van der Waals surface area contributed by atoms with Gasteiger partial charge in [-0.25, -0.2) is 0 Å². The number of carbonyl (C=O) groups excluding carboxylic acids is 1. The number of carbonyl (C=O) groups is 1. The maximum atomic E-state index is 12.9. The summed E-state index contributed by atoms with van der Waals surface area (Å²) in [5.74, 6) is 1.57. The lowest BCUT2D eigenvalue weighted by Gasteiger charge is -2.19. The van der Waals surface area contributed by atoms with Crippen molar-refractivity contribution in [2.24, 2.45) is 0 Å². The number of hydrogen-bond donors (Lipinski definition) is 0. The predicted octanol–water partition coefficient (Wildman–Crippen LogP) is 8.83. The zero-order valence-electron chi connectivity index (χ0n) is 18.3. The van der Waals surface area contributed by atoms with E-state index >= 15 is 0 Å². The Morgan fingerprint density at radius 2 is 1.57 bits per heavy atom. The van der Waals surface area contributed by atoms with E-state index in [-0.39, 0.29) is 5.78 Å². The van der Waals surface area contributed by atoms with Gasteiger partial charge in [-0.1, -0.05) is 93.8 Å². The molecule has 0 radical (unpaired) electrons. The first-order valence-electron chi connectivity index (χ1n) is 11.1. The second kappa shape index (κ2) is 11.5. The van der Waals surface area contributed by atoms with Crippen molar-refractivity contribution in [1.82, 2.24) is 0 Å². The van der Waals surface area contributed by atoms with Gasteiger partial charge in [0.15, 0.2) is 5.78 Å². The first-order chi connectivity index (χ1) is 14.7. The van der Waals surface area contributed by atoms with Crippen molar-refractivity contribution in [2.45, 2.75) is 63.0 Å². The highest BCUT2D eigenvalue weighted by Gasteiger charge is 2.28. The maximum Gasteiger partial charge on any atom is 0.162 e. The third-order valence-electron chi connectivity index (χ3n) is 5.41. The second-order valence-corrected chi connectivity index (χ2v) is 10.1. The fraction of sp³-hybridized carbons (Fsp3) is 0.370. The van der Waals surface area contributed by atoms with Gasteiger partial charge in [0, 0.05) is 21.9 Å². The maximum absolute atomic E-state index is 12.9. The molecule has 3 rings (SSSR count). The van der Waals surface area contributed by atoms with E-state index in [1.807, 2.05) is 29.2 Å². The normalized spacial score (nSPS) is 12.1. The molecule has 30 heavy (non-hydrogen) atoms. The van der Waals surface area contributed by atoms with Gasteiger partial charge in [0.2, 0.25) is 0 Å². The molecule has 1 nitrogen and oxygen atoms in total. The molecular formula is C27H32OS2. The summed E-state index contributed by atoms with van der Waals surface area (Å²) in [7, 11) is 0. The zero-order valence-corrected chi connectivity index (χ0v) is 20.0. The third kappa shape index (κ3) is 5.44. The topological polar surface area (TPSA) is 17.1 Å². The predicted molar refractivity (Wildman–Crippen MR) is 133 cm³/mol. The van der Waals surface area contributed by atoms with Gasteiger partial charge in [-0.3, -0.25) is 4.79 Å². The Morgan fingerprint density at radius 1 is 0.933 bits per heavy atom. The van der Waals surface area contributed by atoms with Gasteiger partial charge in [-0.15, -0.1) is 23.1 Å². The molecule has 3 aromatic rings. The highest BCUT2D eigenvalue weighted by molar-refractivity contribution is 8.01. The molecule has 0 aliphatic carbocycles. The third-order valence-corrected chi connectivity index (χ3v) is 8.07. The molecule has 0 spiro atoms. The van der Waals surface area contributed by atoms with E-state index in [0.29, 0.717) is 5.92 Å². The van der Waals surface area contributed by atoms with Crippen LogP contribution in [-0.2, 0) is 0 Å². The number of unbranched alkanes of at least 4 members (excludes halogenated alkanes) is 2. The van der Waals surface area contributed by atoms with Gasteiger partial charge in [-0.05, 0) is 36.6 Å². The van der Waals surface area contributed by atoms with Crippen LogP contribution in [0.5, 0.6) is 0 Å². The van der Waals surface area contributed by atoms with Gasteiger partial charge in [-0.2, -0.15) is 0 Å². The highest BCUT2D eigenvalue weighted by Crippen LogP contribution is 2.48. The van der Waals surface area contributed by atoms with E-state index < -0.39 is 0 Å². The van der Waals surface area contributed by atoms with Crippen LogP contribution in [0.3, 0.4) is 0 Å². The van der Waals surface area contributed by atoms with Crippen LogP contribution in [0.1, 0.15) is 79.6 Å². The number of thioether (sulfide) groups is 1. The molecule has 0 saturated carbocycles.